The molecule has 1 fully saturated rings. The minimum Gasteiger partial charge on any atom is -0.332 e. The average molecular weight is 363 g/mol. The zero-order chi connectivity index (χ0) is 17.9. The number of carbonyl (C=O) groups is 1. The van der Waals surface area contributed by atoms with Gasteiger partial charge in [0.2, 0.25) is 10.0 Å². The fourth-order valence-electron chi connectivity index (χ4n) is 2.73. The van der Waals surface area contributed by atoms with Crippen LogP contribution in [0.2, 0.25) is 0 Å². The van der Waals surface area contributed by atoms with E-state index < -0.39 is 10.0 Å². The highest BCUT2D eigenvalue weighted by atomic mass is 32.2. The Labute approximate surface area is 147 Å². The third-order valence-corrected chi connectivity index (χ3v) is 6.16. The summed E-state index contributed by atoms with van der Waals surface area (Å²) in [6.45, 7) is 1.69. The molecule has 0 saturated carbocycles. The number of sulfonamides is 1. The van der Waals surface area contributed by atoms with E-state index in [4.69, 9.17) is 0 Å². The fourth-order valence-corrected chi connectivity index (χ4v) is 4.17. The molecule has 9 heteroatoms. The maximum atomic E-state index is 12.6. The smallest absolute Gasteiger partial charge is 0.317 e. The first-order chi connectivity index (χ1) is 12.0. The highest BCUT2D eigenvalue weighted by molar-refractivity contribution is 7.89. The van der Waals surface area contributed by atoms with Crippen LogP contribution in [0.1, 0.15) is 5.69 Å². The van der Waals surface area contributed by atoms with Crippen LogP contribution >= 0.6 is 0 Å². The van der Waals surface area contributed by atoms with Gasteiger partial charge in [0, 0.05) is 39.4 Å². The number of piperazine rings is 1. The van der Waals surface area contributed by atoms with E-state index in [2.05, 4.69) is 10.4 Å². The number of hydrogen-bond donors (Lipinski definition) is 1. The molecule has 134 valence electrons. The van der Waals surface area contributed by atoms with Crippen molar-refractivity contribution in [3.8, 4) is 0 Å². The second-order valence-electron chi connectivity index (χ2n) is 5.81. The van der Waals surface area contributed by atoms with Gasteiger partial charge in [0.25, 0.3) is 0 Å². The number of rotatable bonds is 4. The van der Waals surface area contributed by atoms with Gasteiger partial charge in [-0.15, -0.1) is 0 Å². The van der Waals surface area contributed by atoms with Crippen molar-refractivity contribution in [2.75, 3.05) is 26.2 Å². The van der Waals surface area contributed by atoms with Gasteiger partial charge in [0.15, 0.2) is 0 Å². The predicted octanol–water partition coefficient (Wildman–Crippen LogP) is 0.636. The van der Waals surface area contributed by atoms with Crippen molar-refractivity contribution in [3.05, 3.63) is 48.3 Å². The van der Waals surface area contributed by atoms with Crippen molar-refractivity contribution in [2.45, 2.75) is 11.4 Å². The molecule has 1 aliphatic rings. The minimum absolute atomic E-state index is 0.196. The number of urea groups is 1. The topological polar surface area (TPSA) is 87.5 Å². The molecule has 2 aromatic rings. The molecule has 0 radical (unpaired) electrons. The molecule has 0 bridgehead atoms. The number of carbonyl (C=O) groups excluding carboxylic acids is 1. The molecule has 8 nitrogen and oxygen atoms in total. The largest absolute Gasteiger partial charge is 0.332 e. The van der Waals surface area contributed by atoms with Gasteiger partial charge in [0.1, 0.15) is 0 Å². The SMILES string of the molecule is Cn1nccc1CNC(=O)N1CCN(S(=O)(=O)c2ccccc2)CC1. The van der Waals surface area contributed by atoms with Gasteiger partial charge in [-0.25, -0.2) is 13.2 Å². The first kappa shape index (κ1) is 17.4. The third-order valence-electron chi connectivity index (χ3n) is 4.25. The highest BCUT2D eigenvalue weighted by Gasteiger charge is 2.29. The van der Waals surface area contributed by atoms with E-state index in [1.54, 1.807) is 46.1 Å². The van der Waals surface area contributed by atoms with E-state index in [0.29, 0.717) is 19.6 Å². The molecule has 0 aliphatic carbocycles. The average Bonchev–Trinajstić information content (AvgIpc) is 3.05. The van der Waals surface area contributed by atoms with E-state index in [9.17, 15) is 13.2 Å². The van der Waals surface area contributed by atoms with E-state index in [1.165, 1.54) is 4.31 Å². The van der Waals surface area contributed by atoms with Crippen LogP contribution in [0.4, 0.5) is 4.79 Å². The second kappa shape index (κ2) is 7.24. The van der Waals surface area contributed by atoms with Crippen LogP contribution in [-0.2, 0) is 23.6 Å². The summed E-state index contributed by atoms with van der Waals surface area (Å²) in [5.41, 5.74) is 0.902. The van der Waals surface area contributed by atoms with Crippen LogP contribution < -0.4 is 5.32 Å². The van der Waals surface area contributed by atoms with Crippen molar-refractivity contribution in [2.24, 2.45) is 7.05 Å². The molecule has 1 aliphatic heterocycles. The van der Waals surface area contributed by atoms with Gasteiger partial charge in [0.05, 0.1) is 17.1 Å². The minimum atomic E-state index is -3.50. The summed E-state index contributed by atoms with van der Waals surface area (Å²) >= 11 is 0. The summed E-state index contributed by atoms with van der Waals surface area (Å²) in [6, 6.07) is 10.0. The molecule has 1 saturated heterocycles. The molecule has 0 spiro atoms. The Morgan fingerprint density at radius 2 is 1.80 bits per heavy atom. The summed E-state index contributed by atoms with van der Waals surface area (Å²) in [6.07, 6.45) is 1.68. The molecule has 2 amide bonds. The lowest BCUT2D eigenvalue weighted by Crippen LogP contribution is -2.53. The Bertz CT molecular complexity index is 826. The van der Waals surface area contributed by atoms with Crippen molar-refractivity contribution in [1.29, 1.82) is 0 Å². The maximum absolute atomic E-state index is 12.6. The molecule has 0 atom stereocenters. The predicted molar refractivity (Wildman–Crippen MR) is 92.2 cm³/mol. The van der Waals surface area contributed by atoms with Crippen LogP contribution in [0.3, 0.4) is 0 Å². The quantitative estimate of drug-likeness (QED) is 0.863. The summed E-state index contributed by atoms with van der Waals surface area (Å²) in [7, 11) is -1.69. The maximum Gasteiger partial charge on any atom is 0.317 e. The summed E-state index contributed by atoms with van der Waals surface area (Å²) in [4.78, 5) is 14.2. The van der Waals surface area contributed by atoms with Gasteiger partial charge in [-0.05, 0) is 18.2 Å². The molecular formula is C16H21N5O3S. The molecule has 2 heterocycles. The molecule has 1 N–H and O–H groups in total. The van der Waals surface area contributed by atoms with Gasteiger partial charge >= 0.3 is 6.03 Å². The summed E-state index contributed by atoms with van der Waals surface area (Å²) in [5.74, 6) is 0. The van der Waals surface area contributed by atoms with E-state index in [1.807, 2.05) is 13.1 Å². The van der Waals surface area contributed by atoms with Crippen LogP contribution in [0.5, 0.6) is 0 Å². The Morgan fingerprint density at radius 3 is 2.40 bits per heavy atom. The lowest BCUT2D eigenvalue weighted by molar-refractivity contribution is 0.171. The molecule has 3 rings (SSSR count). The van der Waals surface area contributed by atoms with Gasteiger partial charge in [-0.1, -0.05) is 18.2 Å². The number of amides is 2. The lowest BCUT2D eigenvalue weighted by Gasteiger charge is -2.34. The number of benzene rings is 1. The van der Waals surface area contributed by atoms with Crippen molar-refractivity contribution < 1.29 is 13.2 Å². The van der Waals surface area contributed by atoms with Crippen LogP contribution in [0.25, 0.3) is 0 Å². The molecule has 0 unspecified atom stereocenters. The zero-order valence-electron chi connectivity index (χ0n) is 14.0. The Hall–Kier alpha value is -2.39. The van der Waals surface area contributed by atoms with Crippen molar-refractivity contribution in [1.82, 2.24) is 24.3 Å². The molecule has 1 aromatic carbocycles. The van der Waals surface area contributed by atoms with Gasteiger partial charge < -0.3 is 10.2 Å². The molecule has 1 aromatic heterocycles. The van der Waals surface area contributed by atoms with Crippen LogP contribution in [-0.4, -0.2) is 59.6 Å². The van der Waals surface area contributed by atoms with Gasteiger partial charge in [-0.2, -0.15) is 9.40 Å². The first-order valence-electron chi connectivity index (χ1n) is 8.03. The number of nitrogens with zero attached hydrogens (tertiary/aromatic N) is 4. The number of aryl methyl sites for hydroxylation is 1. The van der Waals surface area contributed by atoms with E-state index in [-0.39, 0.29) is 24.0 Å². The number of hydrogen-bond acceptors (Lipinski definition) is 4. The van der Waals surface area contributed by atoms with Crippen LogP contribution in [0, 0.1) is 0 Å². The van der Waals surface area contributed by atoms with Crippen molar-refractivity contribution in [3.63, 3.8) is 0 Å². The fraction of sp³-hybridized carbons (Fsp3) is 0.375. The van der Waals surface area contributed by atoms with Gasteiger partial charge in [-0.3, -0.25) is 4.68 Å². The summed E-state index contributed by atoms with van der Waals surface area (Å²) < 4.78 is 28.3. The molecular weight excluding hydrogens is 342 g/mol. The zero-order valence-corrected chi connectivity index (χ0v) is 14.8. The Kier molecular flexibility index (Phi) is 5.05. The Balaban J connectivity index is 1.55. The lowest BCUT2D eigenvalue weighted by atomic mass is 10.4. The normalized spacial score (nSPS) is 16.0. The highest BCUT2D eigenvalue weighted by Crippen LogP contribution is 2.17. The standard InChI is InChI=1S/C16H21N5O3S/c1-19-14(7-8-18-19)13-17-16(22)20-9-11-21(12-10-20)25(23,24)15-5-3-2-4-6-15/h2-8H,9-13H2,1H3,(H,17,22). The van der Waals surface area contributed by atoms with E-state index >= 15 is 0 Å². The third kappa shape index (κ3) is 3.83. The molecule has 25 heavy (non-hydrogen) atoms. The number of nitrogens with one attached hydrogen (secondary N) is 1. The Morgan fingerprint density at radius 1 is 1.12 bits per heavy atom. The summed E-state index contributed by atoms with van der Waals surface area (Å²) in [5, 5.41) is 6.89. The second-order valence-corrected chi connectivity index (χ2v) is 7.75. The van der Waals surface area contributed by atoms with E-state index in [0.717, 1.165) is 5.69 Å². The van der Waals surface area contributed by atoms with Crippen molar-refractivity contribution >= 4 is 16.1 Å². The number of aromatic nitrogens is 2. The first-order valence-corrected chi connectivity index (χ1v) is 9.47. The monoisotopic (exact) mass is 363 g/mol. The van der Waals surface area contributed by atoms with Crippen LogP contribution in [0.15, 0.2) is 47.5 Å².